The van der Waals surface area contributed by atoms with Crippen LogP contribution in [0.25, 0.3) is 0 Å². The number of ether oxygens (including phenoxy) is 5. The maximum Gasteiger partial charge on any atom is 0.306 e. The van der Waals surface area contributed by atoms with Gasteiger partial charge in [-0.15, -0.1) is 0 Å². The van der Waals surface area contributed by atoms with E-state index in [0.29, 0.717) is 59.2 Å². The summed E-state index contributed by atoms with van der Waals surface area (Å²) in [5.41, 5.74) is 4.92. The summed E-state index contributed by atoms with van der Waals surface area (Å²) in [4.78, 5) is 11.5. The Morgan fingerprint density at radius 1 is 0.541 bits per heavy atom. The van der Waals surface area contributed by atoms with Crippen LogP contribution in [0.4, 0.5) is 0 Å². The molecule has 0 radical (unpaired) electrons. The zero-order valence-electron chi connectivity index (χ0n) is 25.3. The Morgan fingerprint density at radius 2 is 0.919 bits per heavy atom. The Kier molecular flexibility index (Phi) is 32.7. The Labute approximate surface area is 229 Å². The predicted octanol–water partition coefficient (Wildman–Crippen LogP) is 6.84. The third-order valence-electron chi connectivity index (χ3n) is 5.38. The number of unbranched alkanes of at least 4 members (excludes halogenated alkanes) is 11. The van der Waals surface area contributed by atoms with E-state index >= 15 is 0 Å². The van der Waals surface area contributed by atoms with Gasteiger partial charge in [0.2, 0.25) is 0 Å². The first kappa shape index (κ1) is 38.4. The summed E-state index contributed by atoms with van der Waals surface area (Å²) in [5.74, 6) is -0.0467. The molecule has 0 aromatic heterocycles. The maximum absolute atomic E-state index is 11.5. The zero-order chi connectivity index (χ0) is 27.9. The zero-order valence-corrected chi connectivity index (χ0v) is 25.3. The van der Waals surface area contributed by atoms with Crippen molar-refractivity contribution in [3.05, 3.63) is 0 Å². The summed E-state index contributed by atoms with van der Waals surface area (Å²) in [6.45, 7) is 15.8. The molecule has 7 heteroatoms. The van der Waals surface area contributed by atoms with Crippen LogP contribution in [0.3, 0.4) is 0 Å². The smallest absolute Gasteiger partial charge is 0.306 e. The molecule has 0 aliphatic heterocycles. The number of hydrogen-bond donors (Lipinski definition) is 1. The number of carbonyl (C=O) groups is 1. The minimum absolute atomic E-state index is 0.0467. The number of rotatable bonds is 26. The second-order valence-corrected chi connectivity index (χ2v) is 10.5. The van der Waals surface area contributed by atoms with Crippen molar-refractivity contribution in [1.29, 1.82) is 0 Å². The van der Waals surface area contributed by atoms with Crippen LogP contribution in [0, 0.1) is 0 Å². The fourth-order valence-corrected chi connectivity index (χ4v) is 3.49. The monoisotopic (exact) mass is 533 g/mol. The average molecular weight is 534 g/mol. The molecule has 0 amide bonds. The largest absolute Gasteiger partial charge is 0.460 e. The van der Waals surface area contributed by atoms with E-state index in [9.17, 15) is 4.79 Å². The van der Waals surface area contributed by atoms with Crippen LogP contribution in [-0.2, 0) is 28.5 Å². The third-order valence-corrected chi connectivity index (χ3v) is 5.38. The van der Waals surface area contributed by atoms with Crippen molar-refractivity contribution in [2.45, 2.75) is 130 Å². The molecule has 0 spiro atoms. The Morgan fingerprint density at radius 3 is 1.30 bits per heavy atom. The van der Waals surface area contributed by atoms with E-state index in [-0.39, 0.29) is 11.6 Å². The number of esters is 1. The topological polar surface area (TPSA) is 89.2 Å². The van der Waals surface area contributed by atoms with Crippen molar-refractivity contribution < 1.29 is 28.5 Å². The van der Waals surface area contributed by atoms with Crippen molar-refractivity contribution in [1.82, 2.24) is 0 Å². The molecule has 0 aromatic rings. The highest BCUT2D eigenvalue weighted by atomic mass is 16.6. The molecule has 0 aliphatic rings. The quantitative estimate of drug-likeness (QED) is 0.0961. The van der Waals surface area contributed by atoms with E-state index in [1.165, 1.54) is 64.2 Å². The highest BCUT2D eigenvalue weighted by molar-refractivity contribution is 5.69. The summed E-state index contributed by atoms with van der Waals surface area (Å²) in [6, 6.07) is 0. The molecule has 0 rings (SSSR count). The van der Waals surface area contributed by atoms with E-state index in [4.69, 9.17) is 29.4 Å². The Balaban J connectivity index is 0. The van der Waals surface area contributed by atoms with Crippen LogP contribution in [0.1, 0.15) is 125 Å². The summed E-state index contributed by atoms with van der Waals surface area (Å²) in [6.07, 6.45) is 17.5. The van der Waals surface area contributed by atoms with Gasteiger partial charge in [0.05, 0.1) is 46.2 Å². The molecule has 0 atom stereocenters. The molecule has 0 saturated heterocycles. The lowest BCUT2D eigenvalue weighted by Crippen LogP contribution is -2.23. The summed E-state index contributed by atoms with van der Waals surface area (Å²) >= 11 is 0. The van der Waals surface area contributed by atoms with E-state index in [1.54, 1.807) is 0 Å². The molecule has 7 nitrogen and oxygen atoms in total. The molecule has 0 fully saturated rings. The van der Waals surface area contributed by atoms with Gasteiger partial charge in [-0.25, -0.2) is 0 Å². The first-order valence-electron chi connectivity index (χ1n) is 15.1. The molecule has 0 saturated carbocycles. The van der Waals surface area contributed by atoms with Crippen LogP contribution in [-0.4, -0.2) is 71.0 Å². The highest BCUT2D eigenvalue weighted by Gasteiger charge is 2.15. The number of carbonyl (C=O) groups excluding carboxylic acids is 1. The van der Waals surface area contributed by atoms with Gasteiger partial charge in [-0.05, 0) is 33.6 Å². The van der Waals surface area contributed by atoms with Gasteiger partial charge >= 0.3 is 5.97 Å². The normalized spacial score (nSPS) is 11.3. The van der Waals surface area contributed by atoms with Crippen LogP contribution in [0.5, 0.6) is 0 Å². The van der Waals surface area contributed by atoms with Crippen molar-refractivity contribution in [3.63, 3.8) is 0 Å². The summed E-state index contributed by atoms with van der Waals surface area (Å²) < 4.78 is 26.3. The average Bonchev–Trinajstić information content (AvgIpc) is 2.85. The molecule has 37 heavy (non-hydrogen) atoms. The number of nitrogens with two attached hydrogens (primary N) is 1. The minimum atomic E-state index is -0.339. The molecule has 0 unspecified atom stereocenters. The molecule has 0 aliphatic carbocycles. The van der Waals surface area contributed by atoms with E-state index in [0.717, 1.165) is 25.9 Å². The fourth-order valence-electron chi connectivity index (χ4n) is 3.49. The van der Waals surface area contributed by atoms with Gasteiger partial charge in [0, 0.05) is 19.6 Å². The van der Waals surface area contributed by atoms with Crippen LogP contribution in [0.15, 0.2) is 0 Å². The summed E-state index contributed by atoms with van der Waals surface area (Å²) in [5, 5.41) is 0. The lowest BCUT2D eigenvalue weighted by Gasteiger charge is -2.19. The van der Waals surface area contributed by atoms with Gasteiger partial charge < -0.3 is 29.4 Å². The third kappa shape index (κ3) is 39.9. The van der Waals surface area contributed by atoms with Crippen LogP contribution in [0.2, 0.25) is 0 Å². The van der Waals surface area contributed by atoms with Crippen molar-refractivity contribution >= 4 is 5.97 Å². The van der Waals surface area contributed by atoms with Crippen molar-refractivity contribution in [2.24, 2.45) is 5.73 Å². The molecule has 0 aromatic carbocycles. The number of hydrogen-bond acceptors (Lipinski definition) is 7. The summed E-state index contributed by atoms with van der Waals surface area (Å²) in [7, 11) is 0. The Hall–Kier alpha value is -0.730. The van der Waals surface area contributed by atoms with Gasteiger partial charge in [-0.2, -0.15) is 0 Å². The molecule has 2 N–H and O–H groups in total. The second-order valence-electron chi connectivity index (χ2n) is 10.5. The standard InChI is InChI=1S/C19H38O2.C11H25NO4/c1-5-6-7-8-9-10-11-12-13-14-15-16-17-18(20)21-19(2,3)4;1-2-4-13-6-8-15-10-11-16-9-7-14-5-3-12/h5-17H2,1-4H3;2-12H2,1H3. The highest BCUT2D eigenvalue weighted by Crippen LogP contribution is 2.14. The van der Waals surface area contributed by atoms with Gasteiger partial charge in [0.25, 0.3) is 0 Å². The van der Waals surface area contributed by atoms with Crippen LogP contribution < -0.4 is 5.73 Å². The van der Waals surface area contributed by atoms with Gasteiger partial charge in [-0.1, -0.05) is 84.5 Å². The first-order valence-corrected chi connectivity index (χ1v) is 15.1. The molecule has 0 bridgehead atoms. The lowest BCUT2D eigenvalue weighted by molar-refractivity contribution is -0.154. The van der Waals surface area contributed by atoms with E-state index < -0.39 is 0 Å². The van der Waals surface area contributed by atoms with Gasteiger partial charge in [0.15, 0.2) is 0 Å². The van der Waals surface area contributed by atoms with E-state index in [2.05, 4.69) is 13.8 Å². The molecule has 0 heterocycles. The first-order chi connectivity index (χ1) is 17.9. The second kappa shape index (κ2) is 31.5. The minimum Gasteiger partial charge on any atom is -0.460 e. The molecular formula is C30H63NO6. The predicted molar refractivity (Wildman–Crippen MR) is 154 cm³/mol. The van der Waals surface area contributed by atoms with Crippen molar-refractivity contribution in [3.8, 4) is 0 Å². The van der Waals surface area contributed by atoms with Gasteiger partial charge in [0.1, 0.15) is 5.60 Å². The fraction of sp³-hybridized carbons (Fsp3) is 0.967. The van der Waals surface area contributed by atoms with E-state index in [1.807, 2.05) is 20.8 Å². The van der Waals surface area contributed by atoms with Crippen LogP contribution >= 0.6 is 0 Å². The lowest BCUT2D eigenvalue weighted by atomic mass is 10.0. The van der Waals surface area contributed by atoms with Gasteiger partial charge in [-0.3, -0.25) is 4.79 Å². The maximum atomic E-state index is 11.5. The SMILES string of the molecule is CCCCCCCCCCCCCCC(=O)OC(C)(C)C.CCCOCCOCCOCCOCCN. The van der Waals surface area contributed by atoms with Crippen molar-refractivity contribution in [2.75, 3.05) is 59.4 Å². The Bertz CT molecular complexity index is 428. The molecular weight excluding hydrogens is 470 g/mol. The molecule has 224 valence electrons.